The number of amides is 1. The van der Waals surface area contributed by atoms with Gasteiger partial charge in [-0.05, 0) is 41.8 Å². The van der Waals surface area contributed by atoms with E-state index in [9.17, 15) is 4.79 Å². The molecular weight excluding hydrogens is 314 g/mol. The lowest BCUT2D eigenvalue weighted by molar-refractivity contribution is -0.114. The average Bonchev–Trinajstić information content (AvgIpc) is 3.19. The number of halogens is 1. The number of ether oxygens (including phenoxy) is 2. The third kappa shape index (κ3) is 2.55. The summed E-state index contributed by atoms with van der Waals surface area (Å²) in [6.45, 7) is 0.885. The first-order valence-corrected chi connectivity index (χ1v) is 7.77. The number of nitrogens with zero attached hydrogens (tertiary/aromatic N) is 1. The second-order valence-electron chi connectivity index (χ2n) is 5.44. The number of hydrogen-bond acceptors (Lipinski definition) is 3. The van der Waals surface area contributed by atoms with E-state index in [2.05, 4.69) is 6.07 Å². The van der Waals surface area contributed by atoms with Crippen LogP contribution in [0.25, 0.3) is 6.08 Å². The number of carbonyl (C=O) groups excluding carboxylic acids is 1. The number of rotatable bonds is 2. The summed E-state index contributed by atoms with van der Waals surface area (Å²) in [6.07, 6.45) is 4.21. The maximum atomic E-state index is 12.5. The van der Waals surface area contributed by atoms with Gasteiger partial charge in [0.15, 0.2) is 11.5 Å². The van der Waals surface area contributed by atoms with Gasteiger partial charge in [-0.25, -0.2) is 0 Å². The fourth-order valence-electron chi connectivity index (χ4n) is 2.91. The second-order valence-corrected chi connectivity index (χ2v) is 5.85. The minimum absolute atomic E-state index is 0.0382. The van der Waals surface area contributed by atoms with E-state index in [0.717, 1.165) is 17.7 Å². The van der Waals surface area contributed by atoms with E-state index in [1.54, 1.807) is 23.1 Å². The number of para-hydroxylation sites is 1. The molecule has 2 aliphatic rings. The first kappa shape index (κ1) is 14.2. The maximum Gasteiger partial charge on any atom is 0.251 e. The normalized spacial score (nSPS) is 15.3. The molecule has 0 spiro atoms. The van der Waals surface area contributed by atoms with Crippen molar-refractivity contribution < 1.29 is 14.3 Å². The van der Waals surface area contributed by atoms with E-state index >= 15 is 0 Å². The van der Waals surface area contributed by atoms with Gasteiger partial charge < -0.3 is 14.4 Å². The van der Waals surface area contributed by atoms with Crippen LogP contribution in [0.2, 0.25) is 5.02 Å². The van der Waals surface area contributed by atoms with Crippen molar-refractivity contribution in [2.24, 2.45) is 0 Å². The summed E-state index contributed by atoms with van der Waals surface area (Å²) in [5.41, 5.74) is 3.01. The molecule has 4 rings (SSSR count). The molecule has 4 nitrogen and oxygen atoms in total. The van der Waals surface area contributed by atoms with E-state index in [1.165, 1.54) is 5.56 Å². The van der Waals surface area contributed by atoms with Crippen LogP contribution in [0.4, 0.5) is 5.69 Å². The zero-order chi connectivity index (χ0) is 15.8. The molecular formula is C18H14ClNO3. The van der Waals surface area contributed by atoms with Crippen molar-refractivity contribution in [3.05, 3.63) is 58.6 Å². The number of fused-ring (bicyclic) bond motifs is 2. The first-order valence-electron chi connectivity index (χ1n) is 7.39. The molecule has 0 radical (unpaired) electrons. The monoisotopic (exact) mass is 327 g/mol. The third-order valence-corrected chi connectivity index (χ3v) is 4.30. The Labute approximate surface area is 138 Å². The molecule has 5 heteroatoms. The van der Waals surface area contributed by atoms with Crippen LogP contribution in [0.15, 0.2) is 42.5 Å². The van der Waals surface area contributed by atoms with Crippen LogP contribution in [0.5, 0.6) is 11.5 Å². The van der Waals surface area contributed by atoms with E-state index in [1.807, 2.05) is 24.3 Å². The highest BCUT2D eigenvalue weighted by molar-refractivity contribution is 6.32. The lowest BCUT2D eigenvalue weighted by atomic mass is 10.1. The van der Waals surface area contributed by atoms with Crippen LogP contribution in [-0.4, -0.2) is 19.2 Å². The molecule has 116 valence electrons. The number of benzene rings is 2. The van der Waals surface area contributed by atoms with Gasteiger partial charge in [0, 0.05) is 18.3 Å². The van der Waals surface area contributed by atoms with Gasteiger partial charge in [0.05, 0.1) is 5.02 Å². The Balaban J connectivity index is 1.56. The SMILES string of the molecule is O=C(/C=C/c1cc(Cl)c2c(c1)OCO2)N1CCc2ccccc21. The Kier molecular flexibility index (Phi) is 3.46. The predicted octanol–water partition coefficient (Wildman–Crippen LogP) is 3.67. The Morgan fingerprint density at radius 3 is 3.00 bits per heavy atom. The van der Waals surface area contributed by atoms with E-state index in [-0.39, 0.29) is 12.7 Å². The van der Waals surface area contributed by atoms with Gasteiger partial charge in [0.2, 0.25) is 6.79 Å². The lowest BCUT2D eigenvalue weighted by Crippen LogP contribution is -2.26. The van der Waals surface area contributed by atoms with Crippen molar-refractivity contribution in [3.8, 4) is 11.5 Å². The minimum Gasteiger partial charge on any atom is -0.454 e. The van der Waals surface area contributed by atoms with Crippen LogP contribution in [0.3, 0.4) is 0 Å². The summed E-state index contributed by atoms with van der Waals surface area (Å²) in [6, 6.07) is 11.6. The molecule has 0 fully saturated rings. The quantitative estimate of drug-likeness (QED) is 0.790. The molecule has 2 aromatic carbocycles. The summed E-state index contributed by atoms with van der Waals surface area (Å²) in [7, 11) is 0. The molecule has 0 saturated carbocycles. The van der Waals surface area contributed by atoms with Crippen LogP contribution in [0, 0.1) is 0 Å². The van der Waals surface area contributed by atoms with E-state index in [0.29, 0.717) is 23.1 Å². The van der Waals surface area contributed by atoms with Crippen molar-refractivity contribution in [1.29, 1.82) is 0 Å². The molecule has 0 bridgehead atoms. The van der Waals surface area contributed by atoms with Gasteiger partial charge in [0.25, 0.3) is 5.91 Å². The van der Waals surface area contributed by atoms with Crippen molar-refractivity contribution in [2.45, 2.75) is 6.42 Å². The summed E-state index contributed by atoms with van der Waals surface area (Å²) < 4.78 is 10.6. The predicted molar refractivity (Wildman–Crippen MR) is 89.1 cm³/mol. The first-order chi connectivity index (χ1) is 11.2. The van der Waals surface area contributed by atoms with Crippen LogP contribution in [0.1, 0.15) is 11.1 Å². The Bertz CT molecular complexity index is 816. The zero-order valence-electron chi connectivity index (χ0n) is 12.3. The molecule has 23 heavy (non-hydrogen) atoms. The van der Waals surface area contributed by atoms with Gasteiger partial charge >= 0.3 is 0 Å². The molecule has 2 aromatic rings. The molecule has 2 aliphatic heterocycles. The van der Waals surface area contributed by atoms with E-state index in [4.69, 9.17) is 21.1 Å². The second kappa shape index (κ2) is 5.63. The van der Waals surface area contributed by atoms with Crippen LogP contribution >= 0.6 is 11.6 Å². The number of carbonyl (C=O) groups is 1. The summed E-state index contributed by atoms with van der Waals surface area (Å²) in [4.78, 5) is 14.2. The van der Waals surface area contributed by atoms with Crippen molar-refractivity contribution in [2.75, 3.05) is 18.2 Å². The van der Waals surface area contributed by atoms with Gasteiger partial charge in [0.1, 0.15) is 0 Å². The van der Waals surface area contributed by atoms with E-state index < -0.39 is 0 Å². The molecule has 0 aromatic heterocycles. The lowest BCUT2D eigenvalue weighted by Gasteiger charge is -2.14. The molecule has 0 atom stereocenters. The molecule has 0 unspecified atom stereocenters. The summed E-state index contributed by atoms with van der Waals surface area (Å²) in [5, 5.41) is 0.485. The standard InChI is InChI=1S/C18H14ClNO3/c19-14-9-12(10-16-18(14)23-11-22-16)5-6-17(21)20-8-7-13-3-1-2-4-15(13)20/h1-6,9-10H,7-8,11H2/b6-5+. The van der Waals surface area contributed by atoms with Crippen molar-refractivity contribution in [3.63, 3.8) is 0 Å². The highest BCUT2D eigenvalue weighted by atomic mass is 35.5. The fourth-order valence-corrected chi connectivity index (χ4v) is 3.18. The highest BCUT2D eigenvalue weighted by Crippen LogP contribution is 2.40. The molecule has 0 saturated heterocycles. The minimum atomic E-state index is -0.0382. The Morgan fingerprint density at radius 1 is 1.22 bits per heavy atom. The fraction of sp³-hybridized carbons (Fsp3) is 0.167. The maximum absolute atomic E-state index is 12.5. The smallest absolute Gasteiger partial charge is 0.251 e. The van der Waals surface area contributed by atoms with Gasteiger partial charge in [-0.15, -0.1) is 0 Å². The van der Waals surface area contributed by atoms with Gasteiger partial charge in [-0.2, -0.15) is 0 Å². The molecule has 1 amide bonds. The topological polar surface area (TPSA) is 38.8 Å². The number of hydrogen-bond donors (Lipinski definition) is 0. The van der Waals surface area contributed by atoms with Crippen LogP contribution < -0.4 is 14.4 Å². The Hall–Kier alpha value is -2.46. The van der Waals surface area contributed by atoms with Gasteiger partial charge in [-0.3, -0.25) is 4.79 Å². The average molecular weight is 328 g/mol. The molecule has 2 heterocycles. The van der Waals surface area contributed by atoms with Crippen LogP contribution in [-0.2, 0) is 11.2 Å². The van der Waals surface area contributed by atoms with Crippen molar-refractivity contribution in [1.82, 2.24) is 0 Å². The van der Waals surface area contributed by atoms with Crippen molar-refractivity contribution >= 4 is 29.3 Å². The summed E-state index contributed by atoms with van der Waals surface area (Å²) in [5.74, 6) is 1.13. The molecule has 0 N–H and O–H groups in total. The highest BCUT2D eigenvalue weighted by Gasteiger charge is 2.22. The third-order valence-electron chi connectivity index (χ3n) is 4.02. The summed E-state index contributed by atoms with van der Waals surface area (Å²) >= 11 is 6.15. The van der Waals surface area contributed by atoms with Gasteiger partial charge in [-0.1, -0.05) is 29.8 Å². The largest absolute Gasteiger partial charge is 0.454 e. The number of anilines is 1. The molecule has 0 aliphatic carbocycles. The zero-order valence-corrected chi connectivity index (χ0v) is 13.0. The Morgan fingerprint density at radius 2 is 2.09 bits per heavy atom.